The average molecular weight is 369 g/mol. The Labute approximate surface area is 134 Å². The first kappa shape index (κ1) is 15.6. The lowest BCUT2D eigenvalue weighted by Crippen LogP contribution is -2.36. The van der Waals surface area contributed by atoms with Gasteiger partial charge in [-0.25, -0.2) is 9.97 Å². The zero-order valence-corrected chi connectivity index (χ0v) is 13.9. The van der Waals surface area contributed by atoms with Crippen molar-refractivity contribution >= 4 is 44.9 Å². The van der Waals surface area contributed by atoms with Crippen LogP contribution in [-0.4, -0.2) is 33.7 Å². The molecule has 0 aromatic carbocycles. The molecule has 2 aromatic heterocycles. The number of nitrogens with one attached hydrogen (secondary N) is 1. The topological polar surface area (TPSA) is 75.2 Å². The summed E-state index contributed by atoms with van der Waals surface area (Å²) < 4.78 is 0.794. The van der Waals surface area contributed by atoms with Crippen LogP contribution in [0.1, 0.15) is 10.7 Å². The van der Waals surface area contributed by atoms with Crippen LogP contribution in [0, 0.1) is 6.92 Å². The fourth-order valence-electron chi connectivity index (χ4n) is 1.59. The van der Waals surface area contributed by atoms with Crippen molar-refractivity contribution in [3.63, 3.8) is 0 Å². The lowest BCUT2D eigenvalue weighted by Gasteiger charge is -2.15. The predicted molar refractivity (Wildman–Crippen MR) is 83.9 cm³/mol. The molecule has 1 N–H and O–H groups in total. The van der Waals surface area contributed by atoms with Crippen molar-refractivity contribution in [1.82, 2.24) is 14.9 Å². The van der Waals surface area contributed by atoms with E-state index in [1.54, 1.807) is 25.4 Å². The fourth-order valence-corrected chi connectivity index (χ4v) is 2.43. The molecule has 0 saturated carbocycles. The summed E-state index contributed by atoms with van der Waals surface area (Å²) in [5.41, 5.74) is 0.767. The average Bonchev–Trinajstić information content (AvgIpc) is 2.85. The first-order valence-corrected chi connectivity index (χ1v) is 7.72. The Morgan fingerprint density at radius 3 is 2.76 bits per heavy atom. The minimum absolute atomic E-state index is 0.296. The molecule has 0 atom stereocenters. The quantitative estimate of drug-likeness (QED) is 0.842. The van der Waals surface area contributed by atoms with E-state index in [2.05, 4.69) is 31.2 Å². The van der Waals surface area contributed by atoms with Crippen molar-refractivity contribution in [3.05, 3.63) is 38.9 Å². The maximum Gasteiger partial charge on any atom is 0.315 e. The highest BCUT2D eigenvalue weighted by atomic mass is 79.9. The number of anilines is 1. The lowest BCUT2D eigenvalue weighted by molar-refractivity contribution is -0.142. The molecule has 6 nitrogen and oxygen atoms in total. The molecule has 0 aliphatic rings. The van der Waals surface area contributed by atoms with Gasteiger partial charge < -0.3 is 10.2 Å². The SMILES string of the molecule is Cc1nc(CN(C)C(=O)C(=O)Nc2ccc(Br)cn2)cs1. The van der Waals surface area contributed by atoms with E-state index >= 15 is 0 Å². The molecule has 0 radical (unpaired) electrons. The van der Waals surface area contributed by atoms with E-state index in [9.17, 15) is 9.59 Å². The van der Waals surface area contributed by atoms with Gasteiger partial charge in [0, 0.05) is 23.1 Å². The lowest BCUT2D eigenvalue weighted by atomic mass is 10.4. The van der Waals surface area contributed by atoms with E-state index in [1.165, 1.54) is 16.2 Å². The number of carbonyl (C=O) groups excluding carboxylic acids is 2. The number of carbonyl (C=O) groups is 2. The number of thiazole rings is 1. The fraction of sp³-hybridized carbons (Fsp3) is 0.231. The summed E-state index contributed by atoms with van der Waals surface area (Å²) in [5, 5.41) is 5.25. The molecule has 2 rings (SSSR count). The molecule has 0 bridgehead atoms. The Kier molecular flexibility index (Phi) is 5.03. The highest BCUT2D eigenvalue weighted by Crippen LogP contribution is 2.12. The number of pyridine rings is 1. The Bertz CT molecular complexity index is 656. The third-order valence-electron chi connectivity index (χ3n) is 2.58. The molecular formula is C13H13BrN4O2S. The Morgan fingerprint density at radius 1 is 1.43 bits per heavy atom. The van der Waals surface area contributed by atoms with Crippen LogP contribution in [0.4, 0.5) is 5.82 Å². The predicted octanol–water partition coefficient (Wildman–Crippen LogP) is 2.21. The van der Waals surface area contributed by atoms with Gasteiger partial charge in [-0.1, -0.05) is 0 Å². The van der Waals surface area contributed by atoms with Crippen LogP contribution in [0.25, 0.3) is 0 Å². The van der Waals surface area contributed by atoms with Gasteiger partial charge in [0.25, 0.3) is 0 Å². The van der Waals surface area contributed by atoms with E-state index in [0.717, 1.165) is 15.2 Å². The third-order valence-corrected chi connectivity index (χ3v) is 3.87. The summed E-state index contributed by atoms with van der Waals surface area (Å²) in [5.74, 6) is -1.03. The number of nitrogens with zero attached hydrogens (tertiary/aromatic N) is 3. The van der Waals surface area contributed by atoms with Crippen LogP contribution in [0.3, 0.4) is 0 Å². The molecule has 21 heavy (non-hydrogen) atoms. The summed E-state index contributed by atoms with van der Waals surface area (Å²) in [4.78, 5) is 33.4. The Morgan fingerprint density at radius 2 is 2.19 bits per heavy atom. The molecule has 2 amide bonds. The number of likely N-dealkylation sites (N-methyl/N-ethyl adjacent to an activating group) is 1. The normalized spacial score (nSPS) is 10.2. The monoisotopic (exact) mass is 368 g/mol. The molecule has 0 aliphatic heterocycles. The van der Waals surface area contributed by atoms with Gasteiger partial charge in [0.1, 0.15) is 5.82 Å². The van der Waals surface area contributed by atoms with E-state index in [0.29, 0.717) is 12.4 Å². The standard InChI is InChI=1S/C13H13BrN4O2S/c1-8-16-10(7-21-8)6-18(2)13(20)12(19)17-11-4-3-9(14)5-15-11/h3-5,7H,6H2,1-2H3,(H,15,17,19). The molecule has 0 saturated heterocycles. The first-order valence-electron chi connectivity index (χ1n) is 6.04. The van der Waals surface area contributed by atoms with Gasteiger partial charge >= 0.3 is 11.8 Å². The van der Waals surface area contributed by atoms with Crippen LogP contribution < -0.4 is 5.32 Å². The van der Waals surface area contributed by atoms with Crippen LogP contribution >= 0.6 is 27.3 Å². The summed E-state index contributed by atoms with van der Waals surface area (Å²) in [6.45, 7) is 2.19. The van der Waals surface area contributed by atoms with E-state index in [4.69, 9.17) is 0 Å². The number of amides is 2. The van der Waals surface area contributed by atoms with Crippen LogP contribution in [-0.2, 0) is 16.1 Å². The van der Waals surface area contributed by atoms with Gasteiger partial charge in [0.05, 0.1) is 17.2 Å². The largest absolute Gasteiger partial charge is 0.332 e. The number of aryl methyl sites for hydroxylation is 1. The van der Waals surface area contributed by atoms with E-state index in [1.807, 2.05) is 12.3 Å². The number of rotatable bonds is 3. The second-order valence-corrected chi connectivity index (χ2v) is 6.31. The van der Waals surface area contributed by atoms with Crippen molar-refractivity contribution < 1.29 is 9.59 Å². The second-order valence-electron chi connectivity index (χ2n) is 4.33. The smallest absolute Gasteiger partial charge is 0.315 e. The maximum absolute atomic E-state index is 12.0. The van der Waals surface area contributed by atoms with Crippen LogP contribution in [0.15, 0.2) is 28.2 Å². The van der Waals surface area contributed by atoms with E-state index in [-0.39, 0.29) is 0 Å². The molecule has 2 heterocycles. The number of hydrogen-bond donors (Lipinski definition) is 1. The highest BCUT2D eigenvalue weighted by Gasteiger charge is 2.20. The molecule has 0 aliphatic carbocycles. The molecule has 0 spiro atoms. The zero-order chi connectivity index (χ0) is 15.4. The van der Waals surface area contributed by atoms with Gasteiger partial charge in [-0.05, 0) is 35.0 Å². The molecule has 8 heteroatoms. The van der Waals surface area contributed by atoms with E-state index < -0.39 is 11.8 Å². The van der Waals surface area contributed by atoms with Crippen molar-refractivity contribution in [3.8, 4) is 0 Å². The summed E-state index contributed by atoms with van der Waals surface area (Å²) in [6.07, 6.45) is 1.54. The second kappa shape index (κ2) is 6.77. The zero-order valence-electron chi connectivity index (χ0n) is 11.5. The van der Waals surface area contributed by atoms with Gasteiger partial charge in [-0.15, -0.1) is 11.3 Å². The van der Waals surface area contributed by atoms with Gasteiger partial charge in [-0.2, -0.15) is 0 Å². The van der Waals surface area contributed by atoms with Crippen LogP contribution in [0.2, 0.25) is 0 Å². The molecule has 0 fully saturated rings. The van der Waals surface area contributed by atoms with Gasteiger partial charge in [0.2, 0.25) is 0 Å². The highest BCUT2D eigenvalue weighted by molar-refractivity contribution is 9.10. The molecule has 0 unspecified atom stereocenters. The number of halogens is 1. The van der Waals surface area contributed by atoms with Crippen LogP contribution in [0.5, 0.6) is 0 Å². The molecule has 2 aromatic rings. The van der Waals surface area contributed by atoms with Crippen molar-refractivity contribution in [2.75, 3.05) is 12.4 Å². The number of aromatic nitrogens is 2. The van der Waals surface area contributed by atoms with Gasteiger partial charge in [0.15, 0.2) is 0 Å². The van der Waals surface area contributed by atoms with Crippen molar-refractivity contribution in [2.45, 2.75) is 13.5 Å². The molecule has 110 valence electrons. The molecular weight excluding hydrogens is 356 g/mol. The van der Waals surface area contributed by atoms with Crippen molar-refractivity contribution in [1.29, 1.82) is 0 Å². The Hall–Kier alpha value is -1.80. The third kappa shape index (κ3) is 4.33. The maximum atomic E-state index is 12.0. The summed E-state index contributed by atoms with van der Waals surface area (Å²) >= 11 is 4.75. The van der Waals surface area contributed by atoms with Crippen molar-refractivity contribution in [2.24, 2.45) is 0 Å². The van der Waals surface area contributed by atoms with Gasteiger partial charge in [-0.3, -0.25) is 9.59 Å². The first-order chi connectivity index (χ1) is 9.95. The minimum Gasteiger partial charge on any atom is -0.332 e. The summed E-state index contributed by atoms with van der Waals surface area (Å²) in [6, 6.07) is 3.34. The summed E-state index contributed by atoms with van der Waals surface area (Å²) in [7, 11) is 1.56. The number of hydrogen-bond acceptors (Lipinski definition) is 5. The Balaban J connectivity index is 1.95. The minimum atomic E-state index is -0.723.